The fourth-order valence-corrected chi connectivity index (χ4v) is 6.86. The standard InChI is InChI=1S/C25H28F2N4O3S/c1-15(29-25(32)22-9-10-31(3)30-22)19-13-20(26)18(11-21(19)27)12-23-16(2)28-14-24(35(23,33)34)17-7-5-4-6-8-17/h4-11,13,15-16,23-24,28H,12,14H2,1-3H3,(H,29,32)/t15?,16-,23?,24-/m0/s1. The summed E-state index contributed by atoms with van der Waals surface area (Å²) in [6.07, 6.45) is 1.43. The molecule has 0 saturated carbocycles. The minimum Gasteiger partial charge on any atom is -0.344 e. The second-order valence-electron chi connectivity index (χ2n) is 8.96. The molecule has 3 aromatic rings. The third-order valence-corrected chi connectivity index (χ3v) is 9.17. The molecule has 1 saturated heterocycles. The number of aryl methyl sites for hydroxylation is 1. The van der Waals surface area contributed by atoms with Crippen LogP contribution in [0, 0.1) is 11.6 Å². The van der Waals surface area contributed by atoms with E-state index in [1.165, 1.54) is 10.7 Å². The van der Waals surface area contributed by atoms with Gasteiger partial charge in [0.2, 0.25) is 0 Å². The summed E-state index contributed by atoms with van der Waals surface area (Å²) in [5.41, 5.74) is 0.769. The third-order valence-electron chi connectivity index (χ3n) is 6.52. The van der Waals surface area contributed by atoms with Gasteiger partial charge in [0.15, 0.2) is 9.84 Å². The number of rotatable bonds is 6. The first-order chi connectivity index (χ1) is 16.6. The van der Waals surface area contributed by atoms with Gasteiger partial charge in [-0.3, -0.25) is 9.48 Å². The van der Waals surface area contributed by atoms with Gasteiger partial charge in [0.25, 0.3) is 5.91 Å². The van der Waals surface area contributed by atoms with Gasteiger partial charge in [-0.25, -0.2) is 17.2 Å². The van der Waals surface area contributed by atoms with Crippen LogP contribution in [0.2, 0.25) is 0 Å². The minimum atomic E-state index is -3.68. The lowest BCUT2D eigenvalue weighted by Gasteiger charge is -2.35. The predicted octanol–water partition coefficient (Wildman–Crippen LogP) is 3.25. The highest BCUT2D eigenvalue weighted by atomic mass is 32.2. The van der Waals surface area contributed by atoms with E-state index in [4.69, 9.17) is 0 Å². The monoisotopic (exact) mass is 502 g/mol. The summed E-state index contributed by atoms with van der Waals surface area (Å²) in [4.78, 5) is 12.3. The molecule has 4 atom stereocenters. The summed E-state index contributed by atoms with van der Waals surface area (Å²) >= 11 is 0. The van der Waals surface area contributed by atoms with E-state index in [0.29, 0.717) is 5.56 Å². The van der Waals surface area contributed by atoms with Crippen molar-refractivity contribution in [2.24, 2.45) is 7.05 Å². The molecule has 0 radical (unpaired) electrons. The smallest absolute Gasteiger partial charge is 0.272 e. The predicted molar refractivity (Wildman–Crippen MR) is 129 cm³/mol. The Morgan fingerprint density at radius 1 is 1.20 bits per heavy atom. The zero-order valence-electron chi connectivity index (χ0n) is 19.7. The summed E-state index contributed by atoms with van der Waals surface area (Å²) in [5, 5.41) is 8.13. The second kappa shape index (κ2) is 9.87. The molecule has 2 N–H and O–H groups in total. The number of carbonyl (C=O) groups is 1. The van der Waals surface area contributed by atoms with Crippen LogP contribution in [0.15, 0.2) is 54.7 Å². The molecular weight excluding hydrogens is 474 g/mol. The molecule has 0 aliphatic carbocycles. The molecule has 2 heterocycles. The Morgan fingerprint density at radius 3 is 2.57 bits per heavy atom. The molecule has 1 aromatic heterocycles. The van der Waals surface area contributed by atoms with Crippen LogP contribution in [0.5, 0.6) is 0 Å². The van der Waals surface area contributed by atoms with Crippen molar-refractivity contribution >= 4 is 15.7 Å². The lowest BCUT2D eigenvalue weighted by atomic mass is 9.99. The molecule has 186 valence electrons. The van der Waals surface area contributed by atoms with E-state index in [2.05, 4.69) is 15.7 Å². The van der Waals surface area contributed by atoms with Crippen molar-refractivity contribution in [3.8, 4) is 0 Å². The molecule has 2 aromatic carbocycles. The lowest BCUT2D eigenvalue weighted by Crippen LogP contribution is -2.53. The maximum absolute atomic E-state index is 15.1. The first-order valence-corrected chi connectivity index (χ1v) is 13.0. The number of nitrogens with zero attached hydrogens (tertiary/aromatic N) is 2. The molecule has 1 amide bonds. The number of amides is 1. The van der Waals surface area contributed by atoms with Crippen molar-refractivity contribution in [2.45, 2.75) is 42.9 Å². The summed E-state index contributed by atoms with van der Waals surface area (Å²) in [6, 6.07) is 11.2. The van der Waals surface area contributed by atoms with Crippen LogP contribution in [-0.2, 0) is 23.3 Å². The average Bonchev–Trinajstić information content (AvgIpc) is 3.25. The van der Waals surface area contributed by atoms with Crippen LogP contribution in [0.25, 0.3) is 0 Å². The minimum absolute atomic E-state index is 0.0227. The van der Waals surface area contributed by atoms with Gasteiger partial charge in [-0.05, 0) is 49.6 Å². The van der Waals surface area contributed by atoms with Crippen LogP contribution in [0.3, 0.4) is 0 Å². The maximum atomic E-state index is 15.1. The molecule has 10 heteroatoms. The highest BCUT2D eigenvalue weighted by molar-refractivity contribution is 7.92. The molecule has 7 nitrogen and oxygen atoms in total. The highest BCUT2D eigenvalue weighted by Crippen LogP contribution is 2.33. The number of carbonyl (C=O) groups excluding carboxylic acids is 1. The number of benzene rings is 2. The van der Waals surface area contributed by atoms with E-state index in [9.17, 15) is 13.2 Å². The Hall–Kier alpha value is -3.11. The molecule has 1 aliphatic heterocycles. The first-order valence-electron chi connectivity index (χ1n) is 11.4. The Bertz CT molecular complexity index is 1330. The Kier molecular flexibility index (Phi) is 7.05. The van der Waals surface area contributed by atoms with Gasteiger partial charge < -0.3 is 10.6 Å². The van der Waals surface area contributed by atoms with E-state index < -0.39 is 50.0 Å². The SMILES string of the molecule is CC(NC(=O)c1ccn(C)n1)c1cc(F)c(CC2[C@H](C)NC[C@@H](c3ccccc3)S2(=O)=O)cc1F. The lowest BCUT2D eigenvalue weighted by molar-refractivity contribution is 0.0933. The Labute approximate surface area is 203 Å². The molecular formula is C25H28F2N4O3S. The molecule has 4 rings (SSSR count). The third kappa shape index (κ3) is 5.13. The fourth-order valence-electron chi connectivity index (χ4n) is 4.50. The van der Waals surface area contributed by atoms with E-state index >= 15 is 8.78 Å². The topological polar surface area (TPSA) is 93.1 Å². The van der Waals surface area contributed by atoms with Gasteiger partial charge in [-0.2, -0.15) is 5.10 Å². The normalized spacial score (nSPS) is 22.5. The van der Waals surface area contributed by atoms with Gasteiger partial charge in [0.05, 0.1) is 16.5 Å². The Morgan fingerprint density at radius 2 is 1.91 bits per heavy atom. The zero-order chi connectivity index (χ0) is 25.3. The van der Waals surface area contributed by atoms with Crippen molar-refractivity contribution in [2.75, 3.05) is 6.54 Å². The summed E-state index contributed by atoms with van der Waals surface area (Å²) in [7, 11) is -2.02. The van der Waals surface area contributed by atoms with Crippen LogP contribution >= 0.6 is 0 Å². The second-order valence-corrected chi connectivity index (χ2v) is 11.3. The van der Waals surface area contributed by atoms with Crippen molar-refractivity contribution < 1.29 is 22.0 Å². The van der Waals surface area contributed by atoms with E-state index in [0.717, 1.165) is 12.1 Å². The molecule has 35 heavy (non-hydrogen) atoms. The maximum Gasteiger partial charge on any atom is 0.272 e. The number of sulfone groups is 1. The number of hydrogen-bond donors (Lipinski definition) is 2. The molecule has 1 fully saturated rings. The van der Waals surface area contributed by atoms with Gasteiger partial charge in [0, 0.05) is 31.4 Å². The molecule has 2 unspecified atom stereocenters. The van der Waals surface area contributed by atoms with E-state index in [-0.39, 0.29) is 29.8 Å². The Balaban J connectivity index is 1.55. The largest absolute Gasteiger partial charge is 0.344 e. The molecule has 0 spiro atoms. The number of hydrogen-bond acceptors (Lipinski definition) is 5. The van der Waals surface area contributed by atoms with Crippen LogP contribution in [0.1, 0.15) is 52.3 Å². The highest BCUT2D eigenvalue weighted by Gasteiger charge is 2.42. The zero-order valence-corrected chi connectivity index (χ0v) is 20.5. The summed E-state index contributed by atoms with van der Waals surface area (Å²) < 4.78 is 58.5. The van der Waals surface area contributed by atoms with E-state index in [1.807, 2.05) is 6.07 Å². The summed E-state index contributed by atoms with van der Waals surface area (Å²) in [5.74, 6) is -1.95. The first kappa shape index (κ1) is 25.0. The summed E-state index contributed by atoms with van der Waals surface area (Å²) in [6.45, 7) is 3.54. The van der Waals surface area contributed by atoms with Gasteiger partial charge in [0.1, 0.15) is 17.3 Å². The van der Waals surface area contributed by atoms with Crippen molar-refractivity contribution in [3.63, 3.8) is 0 Å². The molecule has 0 bridgehead atoms. The number of halogens is 2. The number of aromatic nitrogens is 2. The van der Waals surface area contributed by atoms with Crippen molar-refractivity contribution in [3.05, 3.63) is 88.7 Å². The van der Waals surface area contributed by atoms with E-state index in [1.54, 1.807) is 51.4 Å². The average molecular weight is 503 g/mol. The van der Waals surface area contributed by atoms with Crippen LogP contribution in [0.4, 0.5) is 8.78 Å². The van der Waals surface area contributed by atoms with Crippen LogP contribution in [-0.4, -0.2) is 41.9 Å². The van der Waals surface area contributed by atoms with Crippen molar-refractivity contribution in [1.29, 1.82) is 0 Å². The van der Waals surface area contributed by atoms with Gasteiger partial charge in [-0.1, -0.05) is 30.3 Å². The van der Waals surface area contributed by atoms with Gasteiger partial charge >= 0.3 is 0 Å². The van der Waals surface area contributed by atoms with Crippen LogP contribution < -0.4 is 10.6 Å². The number of nitrogens with one attached hydrogen (secondary N) is 2. The van der Waals surface area contributed by atoms with Gasteiger partial charge in [-0.15, -0.1) is 0 Å². The quantitative estimate of drug-likeness (QED) is 0.540. The molecule has 1 aliphatic rings. The fraction of sp³-hybridized carbons (Fsp3) is 0.360. The van der Waals surface area contributed by atoms with Crippen molar-refractivity contribution in [1.82, 2.24) is 20.4 Å².